The Morgan fingerprint density at radius 1 is 1.10 bits per heavy atom. The average Bonchev–Trinajstić information content (AvgIpc) is 3.28. The van der Waals surface area contributed by atoms with Crippen LogP contribution in [0.25, 0.3) is 22.3 Å². The fourth-order valence-corrected chi connectivity index (χ4v) is 5.80. The Balaban J connectivity index is 0.00000185. The number of cyclic esters (lactones) is 1. The maximum Gasteiger partial charge on any atom is 0.355 e. The fraction of sp³-hybridized carbons (Fsp3) is 0.429. The number of fused-ring (bicyclic) bond motifs is 5. The maximum atomic E-state index is 13.6. The number of benzene rings is 1. The molecule has 10 nitrogen and oxygen atoms in total. The topological polar surface area (TPSA) is 114 Å². The molecule has 0 aliphatic carbocycles. The number of carbonyl (C=O) groups is 2. The quantitative estimate of drug-likeness (QED) is 0.337. The number of nitrogens with zero attached hydrogens (tertiary/aromatic N) is 4. The molecule has 0 spiro atoms. The van der Waals surface area contributed by atoms with Gasteiger partial charge in [0.2, 0.25) is 5.60 Å². The highest BCUT2D eigenvalue weighted by atomic mass is 35.5. The third-order valence-corrected chi connectivity index (χ3v) is 7.91. The molecule has 40 heavy (non-hydrogen) atoms. The van der Waals surface area contributed by atoms with Gasteiger partial charge < -0.3 is 19.1 Å². The van der Waals surface area contributed by atoms with Crippen molar-refractivity contribution in [1.82, 2.24) is 19.4 Å². The monoisotopic (exact) mass is 590 g/mol. The molecule has 1 fully saturated rings. The zero-order valence-corrected chi connectivity index (χ0v) is 23.8. The predicted octanol–water partition coefficient (Wildman–Crippen LogP) is 2.08. The van der Waals surface area contributed by atoms with E-state index in [9.17, 15) is 14.4 Å². The standard InChI is InChI=1S/C28H30N4O6.2ClH/c1-2-28(38-24(34)16-31-9-7-30(8-10-31)11-12-33)21-14-23-25-19(13-18-5-3-4-6-22(18)29-25)15-32(23)26(35)20(21)17-37-27(28)36;;/h3-6,13-14,33H,2,7-12,15-17H2,1H3;2*1H/t28-;;/m1../s1. The van der Waals surface area contributed by atoms with Crippen LogP contribution in [0.4, 0.5) is 0 Å². The van der Waals surface area contributed by atoms with Crippen LogP contribution in [0.5, 0.6) is 0 Å². The molecule has 1 aromatic carbocycles. The third kappa shape index (κ3) is 4.99. The normalized spacial score (nSPS) is 20.0. The number of ether oxygens (including phenoxy) is 2. The van der Waals surface area contributed by atoms with Gasteiger partial charge in [0.1, 0.15) is 6.61 Å². The van der Waals surface area contributed by atoms with Crippen molar-refractivity contribution in [3.8, 4) is 11.4 Å². The zero-order valence-electron chi connectivity index (χ0n) is 22.1. The van der Waals surface area contributed by atoms with Gasteiger partial charge in [0.15, 0.2) is 0 Å². The van der Waals surface area contributed by atoms with Gasteiger partial charge in [-0.3, -0.25) is 19.4 Å². The van der Waals surface area contributed by atoms with Gasteiger partial charge in [0.05, 0.1) is 42.2 Å². The molecule has 5 heterocycles. The van der Waals surface area contributed by atoms with Crippen LogP contribution in [-0.2, 0) is 37.8 Å². The Bertz CT molecular complexity index is 1500. The number of rotatable bonds is 6. The van der Waals surface area contributed by atoms with Gasteiger partial charge in [0, 0.05) is 49.2 Å². The molecule has 0 saturated carbocycles. The van der Waals surface area contributed by atoms with Gasteiger partial charge >= 0.3 is 11.9 Å². The summed E-state index contributed by atoms with van der Waals surface area (Å²) in [6, 6.07) is 11.6. The van der Waals surface area contributed by atoms with Gasteiger partial charge in [-0.05, 0) is 24.6 Å². The van der Waals surface area contributed by atoms with Crippen molar-refractivity contribution in [3.05, 3.63) is 63.4 Å². The van der Waals surface area contributed by atoms with Gasteiger partial charge in [-0.25, -0.2) is 9.78 Å². The van der Waals surface area contributed by atoms with Crippen LogP contribution >= 0.6 is 24.8 Å². The number of aliphatic hydroxyl groups excluding tert-OH is 1. The van der Waals surface area contributed by atoms with Gasteiger partial charge in [-0.1, -0.05) is 25.1 Å². The number of pyridine rings is 2. The molecule has 1 N–H and O–H groups in total. The number of halogens is 2. The molecular weight excluding hydrogens is 559 g/mol. The van der Waals surface area contributed by atoms with E-state index in [1.807, 2.05) is 35.2 Å². The number of piperazine rings is 1. The minimum atomic E-state index is -1.70. The molecule has 6 rings (SSSR count). The van der Waals surface area contributed by atoms with Crippen LogP contribution in [0, 0.1) is 0 Å². The second kappa shape index (κ2) is 11.8. The van der Waals surface area contributed by atoms with Crippen LogP contribution < -0.4 is 5.56 Å². The first-order chi connectivity index (χ1) is 18.4. The van der Waals surface area contributed by atoms with Gasteiger partial charge in [-0.2, -0.15) is 0 Å². The first-order valence-corrected chi connectivity index (χ1v) is 13.0. The third-order valence-electron chi connectivity index (χ3n) is 7.91. The van der Waals surface area contributed by atoms with Crippen molar-refractivity contribution >= 4 is 47.7 Å². The van der Waals surface area contributed by atoms with E-state index < -0.39 is 17.5 Å². The first-order valence-electron chi connectivity index (χ1n) is 13.0. The Kier molecular flexibility index (Phi) is 8.86. The highest BCUT2D eigenvalue weighted by Crippen LogP contribution is 2.41. The number of aromatic nitrogens is 2. The molecule has 214 valence electrons. The van der Waals surface area contributed by atoms with E-state index in [0.29, 0.717) is 48.7 Å². The Labute approximate surface area is 243 Å². The van der Waals surface area contributed by atoms with Crippen molar-refractivity contribution in [3.63, 3.8) is 0 Å². The van der Waals surface area contributed by atoms with Crippen LogP contribution in [-0.4, -0.2) is 82.3 Å². The van der Waals surface area contributed by atoms with Crippen molar-refractivity contribution in [2.24, 2.45) is 0 Å². The van der Waals surface area contributed by atoms with E-state index in [4.69, 9.17) is 19.6 Å². The van der Waals surface area contributed by atoms with E-state index in [2.05, 4.69) is 4.90 Å². The molecule has 2 aromatic heterocycles. The van der Waals surface area contributed by atoms with Crippen LogP contribution in [0.15, 0.2) is 41.2 Å². The summed E-state index contributed by atoms with van der Waals surface area (Å²) in [7, 11) is 0. The van der Waals surface area contributed by atoms with Crippen LogP contribution in [0.1, 0.15) is 30.0 Å². The van der Waals surface area contributed by atoms with Crippen LogP contribution in [0.3, 0.4) is 0 Å². The molecule has 0 radical (unpaired) electrons. The summed E-state index contributed by atoms with van der Waals surface area (Å²) in [5.74, 6) is -1.21. The second-order valence-corrected chi connectivity index (χ2v) is 10.1. The van der Waals surface area contributed by atoms with Gasteiger partial charge in [-0.15, -0.1) is 24.8 Å². The molecule has 0 amide bonds. The SMILES string of the molecule is CC[C@]1(OC(=O)CN2CCN(CCO)CC2)C(=O)OCc2c1cc1n(c2=O)Cc2cc3ccccc3nc2-1.Cl.Cl. The lowest BCUT2D eigenvalue weighted by molar-refractivity contribution is -0.190. The number of β-amino-alcohol motifs (C(OH)–C–C–N with tert-alkyl or cyclic N) is 1. The minimum absolute atomic E-state index is 0. The van der Waals surface area contributed by atoms with Crippen molar-refractivity contribution < 1.29 is 24.2 Å². The van der Waals surface area contributed by atoms with Gasteiger partial charge in [0.25, 0.3) is 5.56 Å². The molecule has 1 atom stereocenters. The Morgan fingerprint density at radius 3 is 2.55 bits per heavy atom. The number of esters is 2. The molecule has 3 aliphatic rings. The molecule has 3 aliphatic heterocycles. The van der Waals surface area contributed by atoms with Crippen molar-refractivity contribution in [2.75, 3.05) is 45.9 Å². The lowest BCUT2D eigenvalue weighted by Crippen LogP contribution is -2.51. The summed E-state index contributed by atoms with van der Waals surface area (Å²) in [4.78, 5) is 48.9. The summed E-state index contributed by atoms with van der Waals surface area (Å²) in [6.45, 7) is 5.48. The minimum Gasteiger partial charge on any atom is -0.457 e. The number of hydrogen-bond donors (Lipinski definition) is 1. The highest BCUT2D eigenvalue weighted by Gasteiger charge is 2.50. The lowest BCUT2D eigenvalue weighted by Gasteiger charge is -2.37. The Hall–Kier alpha value is -3.02. The largest absolute Gasteiger partial charge is 0.457 e. The molecule has 1 saturated heterocycles. The van der Waals surface area contributed by atoms with E-state index in [-0.39, 0.29) is 56.6 Å². The summed E-state index contributed by atoms with van der Waals surface area (Å²) >= 11 is 0. The fourth-order valence-electron chi connectivity index (χ4n) is 5.80. The Morgan fingerprint density at radius 2 is 1.82 bits per heavy atom. The van der Waals surface area contributed by atoms with E-state index in [1.54, 1.807) is 17.6 Å². The molecular formula is C28H32Cl2N4O6. The number of hydrogen-bond acceptors (Lipinski definition) is 9. The predicted molar refractivity (Wildman–Crippen MR) is 153 cm³/mol. The number of para-hydroxylation sites is 1. The smallest absolute Gasteiger partial charge is 0.355 e. The van der Waals surface area contributed by atoms with Crippen molar-refractivity contribution in [1.29, 1.82) is 0 Å². The first kappa shape index (κ1) is 30.0. The lowest BCUT2D eigenvalue weighted by atomic mass is 9.85. The second-order valence-electron chi connectivity index (χ2n) is 10.1. The van der Waals surface area contributed by atoms with Crippen molar-refractivity contribution in [2.45, 2.75) is 32.1 Å². The summed E-state index contributed by atoms with van der Waals surface area (Å²) in [5, 5.41) is 10.1. The maximum absolute atomic E-state index is 13.6. The average molecular weight is 591 g/mol. The zero-order chi connectivity index (χ0) is 26.4. The molecule has 3 aromatic rings. The summed E-state index contributed by atoms with van der Waals surface area (Å²) < 4.78 is 13.0. The molecule has 0 unspecified atom stereocenters. The van der Waals surface area contributed by atoms with Crippen LogP contribution in [0.2, 0.25) is 0 Å². The highest BCUT2D eigenvalue weighted by molar-refractivity contribution is 5.88. The summed E-state index contributed by atoms with van der Waals surface area (Å²) in [5.41, 5.74) is 1.80. The van der Waals surface area contributed by atoms with E-state index >= 15 is 0 Å². The molecule has 0 bridgehead atoms. The van der Waals surface area contributed by atoms with E-state index in [0.717, 1.165) is 29.6 Å². The molecule has 12 heteroatoms. The van der Waals surface area contributed by atoms with E-state index in [1.165, 1.54) is 0 Å². The summed E-state index contributed by atoms with van der Waals surface area (Å²) in [6.07, 6.45) is 0.135. The number of carbonyl (C=O) groups excluding carboxylic acids is 2. The number of aliphatic hydroxyl groups is 1.